The summed E-state index contributed by atoms with van der Waals surface area (Å²) in [5, 5.41) is 14.2. The van der Waals surface area contributed by atoms with Crippen LogP contribution in [-0.4, -0.2) is 28.7 Å². The van der Waals surface area contributed by atoms with Gasteiger partial charge in [-0.2, -0.15) is 0 Å². The van der Waals surface area contributed by atoms with Crippen molar-refractivity contribution in [1.82, 2.24) is 9.88 Å². The highest BCUT2D eigenvalue weighted by Crippen LogP contribution is 2.22. The molecular weight excluding hydrogens is 337 g/mol. The van der Waals surface area contributed by atoms with E-state index in [1.807, 2.05) is 13.8 Å². The third-order valence-electron chi connectivity index (χ3n) is 3.49. The predicted molar refractivity (Wildman–Crippen MR) is 101 cm³/mol. The third kappa shape index (κ3) is 5.70. The van der Waals surface area contributed by atoms with Crippen LogP contribution in [0.1, 0.15) is 36.2 Å². The van der Waals surface area contributed by atoms with Gasteiger partial charge in [0.15, 0.2) is 0 Å². The van der Waals surface area contributed by atoms with Crippen LogP contribution in [0, 0.1) is 12.7 Å². The quantitative estimate of drug-likeness (QED) is 0.689. The summed E-state index contributed by atoms with van der Waals surface area (Å²) in [6.45, 7) is 6.04. The maximum Gasteiger partial charge on any atom is 0.254 e. The number of carbonyl (C=O) groups excluding carboxylic acids is 1. The van der Waals surface area contributed by atoms with Gasteiger partial charge in [0.25, 0.3) is 11.5 Å². The van der Waals surface area contributed by atoms with Gasteiger partial charge in [-0.15, -0.1) is 0 Å². The highest BCUT2D eigenvalue weighted by Gasteiger charge is 2.15. The standard InChI is InChI=1S/C17H20FN3O3.C2H6/c1-11-4-5-14(13(18)8-11)20-15-9-16(23)21(2)10-12(15)17(24)19-6-3-7-22;1-2/h4-5,8-10,20,22H,3,6-7H2,1-2H3,(H,19,24);1-2H3. The molecule has 0 aliphatic rings. The summed E-state index contributed by atoms with van der Waals surface area (Å²) in [5.41, 5.74) is 1.07. The Morgan fingerprint density at radius 2 is 1.92 bits per heavy atom. The van der Waals surface area contributed by atoms with Gasteiger partial charge < -0.3 is 20.3 Å². The molecule has 0 atom stereocenters. The molecule has 1 aromatic carbocycles. The fourth-order valence-corrected chi connectivity index (χ4v) is 2.16. The van der Waals surface area contributed by atoms with E-state index < -0.39 is 11.7 Å². The first-order valence-corrected chi connectivity index (χ1v) is 8.55. The molecule has 2 aromatic rings. The number of hydrogen-bond acceptors (Lipinski definition) is 4. The number of nitrogens with zero attached hydrogens (tertiary/aromatic N) is 1. The Morgan fingerprint density at radius 1 is 1.23 bits per heavy atom. The van der Waals surface area contributed by atoms with Crippen LogP contribution in [0.15, 0.2) is 35.3 Å². The van der Waals surface area contributed by atoms with Gasteiger partial charge in [-0.1, -0.05) is 19.9 Å². The molecule has 142 valence electrons. The molecule has 0 saturated carbocycles. The first kappa shape index (κ1) is 21.4. The first-order chi connectivity index (χ1) is 12.4. The second kappa shape index (κ2) is 10.4. The van der Waals surface area contributed by atoms with Crippen LogP contribution in [0.3, 0.4) is 0 Å². The average molecular weight is 363 g/mol. The second-order valence-corrected chi connectivity index (χ2v) is 5.49. The number of amides is 1. The Morgan fingerprint density at radius 3 is 2.54 bits per heavy atom. The molecule has 0 unspecified atom stereocenters. The summed E-state index contributed by atoms with van der Waals surface area (Å²) >= 11 is 0. The molecule has 3 N–H and O–H groups in total. The van der Waals surface area contributed by atoms with Gasteiger partial charge in [0, 0.05) is 32.5 Å². The smallest absolute Gasteiger partial charge is 0.254 e. The molecule has 1 aromatic heterocycles. The summed E-state index contributed by atoms with van der Waals surface area (Å²) in [6, 6.07) is 5.90. The molecule has 0 bridgehead atoms. The Kier molecular flexibility index (Phi) is 8.51. The van der Waals surface area contributed by atoms with E-state index in [1.165, 1.54) is 29.9 Å². The normalized spacial score (nSPS) is 9.92. The highest BCUT2D eigenvalue weighted by molar-refractivity contribution is 6.00. The van der Waals surface area contributed by atoms with Gasteiger partial charge in [0.1, 0.15) is 5.82 Å². The molecule has 0 radical (unpaired) electrons. The summed E-state index contributed by atoms with van der Waals surface area (Å²) in [6.07, 6.45) is 1.82. The van der Waals surface area contributed by atoms with Crippen LogP contribution in [0.2, 0.25) is 0 Å². The van der Waals surface area contributed by atoms with Crippen molar-refractivity contribution in [1.29, 1.82) is 0 Å². The Balaban J connectivity index is 0.00000163. The number of pyridine rings is 1. The largest absolute Gasteiger partial charge is 0.396 e. The highest BCUT2D eigenvalue weighted by atomic mass is 19.1. The van der Waals surface area contributed by atoms with Crippen molar-refractivity contribution < 1.29 is 14.3 Å². The number of aromatic nitrogens is 1. The van der Waals surface area contributed by atoms with Crippen molar-refractivity contribution in [3.63, 3.8) is 0 Å². The lowest BCUT2D eigenvalue weighted by Crippen LogP contribution is -2.28. The number of anilines is 2. The minimum atomic E-state index is -0.470. The van der Waals surface area contributed by atoms with E-state index in [9.17, 15) is 14.0 Å². The van der Waals surface area contributed by atoms with E-state index in [0.29, 0.717) is 13.0 Å². The van der Waals surface area contributed by atoms with Gasteiger partial charge in [-0.25, -0.2) is 4.39 Å². The minimum absolute atomic E-state index is 0.0345. The van der Waals surface area contributed by atoms with Crippen LogP contribution in [-0.2, 0) is 7.05 Å². The zero-order valence-electron chi connectivity index (χ0n) is 15.6. The molecule has 0 aliphatic carbocycles. The molecule has 6 nitrogen and oxygen atoms in total. The summed E-state index contributed by atoms with van der Waals surface area (Å²) in [5.74, 6) is -0.878. The molecule has 0 fully saturated rings. The van der Waals surface area contributed by atoms with Crippen molar-refractivity contribution in [2.24, 2.45) is 7.05 Å². The number of benzene rings is 1. The number of carbonyl (C=O) groups is 1. The monoisotopic (exact) mass is 363 g/mol. The molecule has 2 rings (SSSR count). The fourth-order valence-electron chi connectivity index (χ4n) is 2.16. The van der Waals surface area contributed by atoms with Crippen molar-refractivity contribution in [3.05, 3.63) is 57.8 Å². The minimum Gasteiger partial charge on any atom is -0.396 e. The Bertz CT molecular complexity index is 803. The summed E-state index contributed by atoms with van der Waals surface area (Å²) in [7, 11) is 1.53. The predicted octanol–water partition coefficient (Wildman–Crippen LogP) is 2.71. The van der Waals surface area contributed by atoms with E-state index >= 15 is 0 Å². The number of aliphatic hydroxyl groups is 1. The lowest BCUT2D eigenvalue weighted by Gasteiger charge is -2.14. The molecular formula is C19H26FN3O3. The fraction of sp³-hybridized carbons (Fsp3) is 0.368. The van der Waals surface area contributed by atoms with Crippen LogP contribution in [0.4, 0.5) is 15.8 Å². The molecule has 7 heteroatoms. The van der Waals surface area contributed by atoms with Crippen LogP contribution >= 0.6 is 0 Å². The van der Waals surface area contributed by atoms with Gasteiger partial charge in [0.05, 0.1) is 16.9 Å². The third-order valence-corrected chi connectivity index (χ3v) is 3.49. The molecule has 26 heavy (non-hydrogen) atoms. The van der Waals surface area contributed by atoms with Crippen LogP contribution < -0.4 is 16.2 Å². The number of halogens is 1. The molecule has 0 aliphatic heterocycles. The second-order valence-electron chi connectivity index (χ2n) is 5.49. The van der Waals surface area contributed by atoms with Crippen molar-refractivity contribution in [3.8, 4) is 0 Å². The topological polar surface area (TPSA) is 83.4 Å². The number of nitrogens with one attached hydrogen (secondary N) is 2. The Hall–Kier alpha value is -2.67. The van der Waals surface area contributed by atoms with E-state index in [2.05, 4.69) is 10.6 Å². The number of aliphatic hydroxyl groups excluding tert-OH is 1. The van der Waals surface area contributed by atoms with Crippen LogP contribution in [0.25, 0.3) is 0 Å². The maximum absolute atomic E-state index is 14.0. The molecule has 0 spiro atoms. The van der Waals surface area contributed by atoms with Crippen molar-refractivity contribution in [2.75, 3.05) is 18.5 Å². The van der Waals surface area contributed by atoms with Gasteiger partial charge in [-0.05, 0) is 31.0 Å². The van der Waals surface area contributed by atoms with E-state index in [-0.39, 0.29) is 29.1 Å². The first-order valence-electron chi connectivity index (χ1n) is 8.55. The van der Waals surface area contributed by atoms with E-state index in [4.69, 9.17) is 5.11 Å². The van der Waals surface area contributed by atoms with Gasteiger partial charge in [-0.3, -0.25) is 9.59 Å². The van der Waals surface area contributed by atoms with E-state index in [1.54, 1.807) is 19.1 Å². The lowest BCUT2D eigenvalue weighted by molar-refractivity contribution is 0.0951. The number of rotatable bonds is 6. The zero-order valence-corrected chi connectivity index (χ0v) is 15.6. The zero-order chi connectivity index (χ0) is 19.7. The average Bonchev–Trinajstić information content (AvgIpc) is 2.62. The lowest BCUT2D eigenvalue weighted by atomic mass is 10.1. The molecule has 0 saturated heterocycles. The van der Waals surface area contributed by atoms with Crippen LogP contribution in [0.5, 0.6) is 0 Å². The van der Waals surface area contributed by atoms with E-state index in [0.717, 1.165) is 5.56 Å². The Labute approximate surface area is 152 Å². The van der Waals surface area contributed by atoms with Crippen molar-refractivity contribution >= 4 is 17.3 Å². The molecule has 1 heterocycles. The van der Waals surface area contributed by atoms with Gasteiger partial charge in [0.2, 0.25) is 0 Å². The SMILES string of the molecule is CC.Cc1ccc(Nc2cc(=O)n(C)cc2C(=O)NCCCO)c(F)c1. The maximum atomic E-state index is 14.0. The summed E-state index contributed by atoms with van der Waals surface area (Å²) < 4.78 is 15.3. The van der Waals surface area contributed by atoms with Gasteiger partial charge >= 0.3 is 0 Å². The number of aryl methyl sites for hydroxylation is 2. The summed E-state index contributed by atoms with van der Waals surface area (Å²) in [4.78, 5) is 24.2. The molecule has 1 amide bonds. The van der Waals surface area contributed by atoms with Crippen molar-refractivity contribution in [2.45, 2.75) is 27.2 Å². The number of hydrogen-bond donors (Lipinski definition) is 3.